The second kappa shape index (κ2) is 6.23. The Kier molecular flexibility index (Phi) is 5.17. The number of nitrogens with one attached hydrogen (secondary N) is 1. The highest BCUT2D eigenvalue weighted by molar-refractivity contribution is 5.83. The number of likely N-dealkylation sites (tertiary alicyclic amines) is 1. The Labute approximate surface area is 113 Å². The molecule has 0 aromatic rings. The summed E-state index contributed by atoms with van der Waals surface area (Å²) in [5.41, 5.74) is -0.298. The van der Waals surface area contributed by atoms with Crippen LogP contribution in [0.4, 0.5) is 4.79 Å². The van der Waals surface area contributed by atoms with Gasteiger partial charge in [-0.2, -0.15) is 0 Å². The quantitative estimate of drug-likeness (QED) is 0.701. The number of nitrogens with zero attached hydrogens (tertiary/aromatic N) is 1. The first kappa shape index (κ1) is 15.8. The van der Waals surface area contributed by atoms with Crippen LogP contribution in [0.5, 0.6) is 0 Å². The monoisotopic (exact) mass is 272 g/mol. The summed E-state index contributed by atoms with van der Waals surface area (Å²) in [5.74, 6) is -1.07. The molecule has 0 aromatic heterocycles. The van der Waals surface area contributed by atoms with Crippen molar-refractivity contribution in [3.05, 3.63) is 0 Å². The van der Waals surface area contributed by atoms with Gasteiger partial charge in [0.2, 0.25) is 0 Å². The highest BCUT2D eigenvalue weighted by Gasteiger charge is 2.40. The first-order valence-electron chi connectivity index (χ1n) is 6.88. The van der Waals surface area contributed by atoms with Gasteiger partial charge in [-0.15, -0.1) is 0 Å². The number of β-amino-alcohol motifs (C(OH)–C–C–N with tert-alkyl or cyclic N) is 1. The van der Waals surface area contributed by atoms with Crippen molar-refractivity contribution in [1.29, 1.82) is 0 Å². The number of carboxylic acid groups (broad SMARTS) is 1. The number of carbonyl (C=O) groups is 2. The third-order valence-corrected chi connectivity index (χ3v) is 4.23. The van der Waals surface area contributed by atoms with E-state index < -0.39 is 24.1 Å². The van der Waals surface area contributed by atoms with Crippen LogP contribution in [0.1, 0.15) is 46.5 Å². The molecular weight excluding hydrogens is 248 g/mol. The molecule has 1 fully saturated rings. The largest absolute Gasteiger partial charge is 0.480 e. The van der Waals surface area contributed by atoms with Crippen LogP contribution in [0.3, 0.4) is 0 Å². The average molecular weight is 272 g/mol. The van der Waals surface area contributed by atoms with Gasteiger partial charge in [0, 0.05) is 18.5 Å². The van der Waals surface area contributed by atoms with Crippen molar-refractivity contribution in [3.8, 4) is 0 Å². The molecule has 0 aliphatic carbocycles. The molecule has 1 rings (SSSR count). The van der Waals surface area contributed by atoms with E-state index in [9.17, 15) is 14.7 Å². The van der Waals surface area contributed by atoms with Gasteiger partial charge in [0.15, 0.2) is 0 Å². The summed E-state index contributed by atoms with van der Waals surface area (Å²) in [6.45, 7) is 6.08. The number of carbonyl (C=O) groups excluding carboxylic acids is 1. The summed E-state index contributed by atoms with van der Waals surface area (Å²) in [6, 6.07) is -1.33. The fourth-order valence-corrected chi connectivity index (χ4v) is 2.59. The zero-order valence-corrected chi connectivity index (χ0v) is 11.8. The number of rotatable bonds is 5. The fraction of sp³-hybridized carbons (Fsp3) is 0.846. The van der Waals surface area contributed by atoms with Crippen molar-refractivity contribution < 1.29 is 19.8 Å². The molecule has 0 bridgehead atoms. The summed E-state index contributed by atoms with van der Waals surface area (Å²) in [5, 5.41) is 21.6. The lowest BCUT2D eigenvalue weighted by molar-refractivity contribution is -0.141. The molecule has 6 nitrogen and oxygen atoms in total. The number of aliphatic carboxylic acids is 1. The lowest BCUT2D eigenvalue weighted by Gasteiger charge is -2.34. The number of carboxylic acids is 1. The third kappa shape index (κ3) is 3.37. The van der Waals surface area contributed by atoms with Crippen molar-refractivity contribution in [2.45, 2.75) is 64.1 Å². The van der Waals surface area contributed by atoms with Crippen LogP contribution in [0, 0.1) is 0 Å². The minimum atomic E-state index is -1.07. The van der Waals surface area contributed by atoms with Gasteiger partial charge in [-0.05, 0) is 19.3 Å². The van der Waals surface area contributed by atoms with E-state index in [0.29, 0.717) is 0 Å². The number of hydrogen-bond acceptors (Lipinski definition) is 3. The average Bonchev–Trinajstić information content (AvgIpc) is 2.78. The van der Waals surface area contributed by atoms with Crippen LogP contribution in [-0.4, -0.2) is 51.3 Å². The molecule has 19 heavy (non-hydrogen) atoms. The summed E-state index contributed by atoms with van der Waals surface area (Å²) < 4.78 is 0. The molecule has 1 heterocycles. The Hall–Kier alpha value is -1.30. The molecule has 1 aliphatic heterocycles. The Morgan fingerprint density at radius 2 is 1.79 bits per heavy atom. The van der Waals surface area contributed by atoms with Gasteiger partial charge in [-0.3, -0.25) is 0 Å². The van der Waals surface area contributed by atoms with E-state index in [4.69, 9.17) is 5.11 Å². The first-order valence-corrected chi connectivity index (χ1v) is 6.88. The Morgan fingerprint density at radius 3 is 2.21 bits per heavy atom. The Bertz CT molecular complexity index is 333. The number of aliphatic hydroxyl groups excluding tert-OH is 1. The second-order valence-electron chi connectivity index (χ2n) is 5.17. The van der Waals surface area contributed by atoms with E-state index in [1.165, 1.54) is 4.90 Å². The smallest absolute Gasteiger partial charge is 0.326 e. The van der Waals surface area contributed by atoms with Crippen molar-refractivity contribution in [3.63, 3.8) is 0 Å². The summed E-state index contributed by atoms with van der Waals surface area (Å²) in [4.78, 5) is 24.6. The van der Waals surface area contributed by atoms with E-state index in [0.717, 1.165) is 19.3 Å². The molecule has 6 heteroatoms. The molecule has 2 amide bonds. The zero-order chi connectivity index (χ0) is 14.6. The minimum absolute atomic E-state index is 0.0794. The van der Waals surface area contributed by atoms with Crippen molar-refractivity contribution in [1.82, 2.24) is 10.2 Å². The summed E-state index contributed by atoms with van der Waals surface area (Å²) in [7, 11) is 0. The van der Waals surface area contributed by atoms with Gasteiger partial charge in [-0.25, -0.2) is 9.59 Å². The number of hydrogen-bond donors (Lipinski definition) is 3. The van der Waals surface area contributed by atoms with E-state index in [2.05, 4.69) is 5.32 Å². The lowest BCUT2D eigenvalue weighted by atomic mass is 9.90. The highest BCUT2D eigenvalue weighted by atomic mass is 16.4. The predicted octanol–water partition coefficient (Wildman–Crippen LogP) is 1.18. The maximum Gasteiger partial charge on any atom is 0.326 e. The molecule has 1 saturated heterocycles. The van der Waals surface area contributed by atoms with Crippen LogP contribution >= 0.6 is 0 Å². The molecule has 0 saturated carbocycles. The van der Waals surface area contributed by atoms with Gasteiger partial charge in [0.25, 0.3) is 0 Å². The van der Waals surface area contributed by atoms with E-state index in [1.54, 1.807) is 0 Å². The first-order chi connectivity index (χ1) is 8.89. The van der Waals surface area contributed by atoms with Gasteiger partial charge in [0.1, 0.15) is 6.04 Å². The highest BCUT2D eigenvalue weighted by Crippen LogP contribution is 2.23. The SMILES string of the molecule is CCC(CC)(CC)NC(=O)N1C[C@H](O)C[C@H]1C(=O)O. The minimum Gasteiger partial charge on any atom is -0.480 e. The van der Waals surface area contributed by atoms with Crippen LogP contribution in [-0.2, 0) is 4.79 Å². The zero-order valence-electron chi connectivity index (χ0n) is 11.8. The Balaban J connectivity index is 2.79. The second-order valence-corrected chi connectivity index (χ2v) is 5.17. The number of amides is 2. The van der Waals surface area contributed by atoms with Gasteiger partial charge in [-0.1, -0.05) is 20.8 Å². The van der Waals surface area contributed by atoms with Gasteiger partial charge < -0.3 is 20.4 Å². The van der Waals surface area contributed by atoms with Crippen LogP contribution in [0.15, 0.2) is 0 Å². The standard InChI is InChI=1S/C13H24N2O4/c1-4-13(5-2,6-3)14-12(19)15-8-9(16)7-10(15)11(17)18/h9-10,16H,4-8H2,1-3H3,(H,14,19)(H,17,18)/t9-,10+/m1/s1. The van der Waals surface area contributed by atoms with Gasteiger partial charge >= 0.3 is 12.0 Å². The lowest BCUT2D eigenvalue weighted by Crippen LogP contribution is -2.54. The summed E-state index contributed by atoms with van der Waals surface area (Å²) >= 11 is 0. The molecule has 3 N–H and O–H groups in total. The van der Waals surface area contributed by atoms with Crippen LogP contribution in [0.25, 0.3) is 0 Å². The fourth-order valence-electron chi connectivity index (χ4n) is 2.59. The molecule has 0 unspecified atom stereocenters. The van der Waals surface area contributed by atoms with E-state index >= 15 is 0 Å². The van der Waals surface area contributed by atoms with Crippen LogP contribution in [0.2, 0.25) is 0 Å². The molecule has 2 atom stereocenters. The maximum absolute atomic E-state index is 12.2. The van der Waals surface area contributed by atoms with Crippen LogP contribution < -0.4 is 5.32 Å². The predicted molar refractivity (Wildman–Crippen MR) is 70.9 cm³/mol. The van der Waals surface area contributed by atoms with Crippen molar-refractivity contribution in [2.24, 2.45) is 0 Å². The third-order valence-electron chi connectivity index (χ3n) is 4.23. The van der Waals surface area contributed by atoms with E-state index in [1.807, 2.05) is 20.8 Å². The Morgan fingerprint density at radius 1 is 1.26 bits per heavy atom. The van der Waals surface area contributed by atoms with Gasteiger partial charge in [0.05, 0.1) is 6.10 Å². The molecule has 0 radical (unpaired) electrons. The molecule has 1 aliphatic rings. The summed E-state index contributed by atoms with van der Waals surface area (Å²) in [6.07, 6.45) is 1.71. The molecule has 110 valence electrons. The maximum atomic E-state index is 12.2. The van der Waals surface area contributed by atoms with Crippen molar-refractivity contribution in [2.75, 3.05) is 6.54 Å². The van der Waals surface area contributed by atoms with Crippen molar-refractivity contribution >= 4 is 12.0 Å². The molecule has 0 aromatic carbocycles. The normalized spacial score (nSPS) is 23.5. The topological polar surface area (TPSA) is 89.9 Å². The molecule has 0 spiro atoms. The number of urea groups is 1. The molecular formula is C13H24N2O4. The van der Waals surface area contributed by atoms with E-state index in [-0.39, 0.29) is 18.5 Å². The number of aliphatic hydroxyl groups is 1.